The third-order valence-corrected chi connectivity index (χ3v) is 3.56. The smallest absolute Gasteiger partial charge is 0.323 e. The van der Waals surface area contributed by atoms with Crippen molar-refractivity contribution < 1.29 is 4.74 Å². The van der Waals surface area contributed by atoms with Crippen molar-refractivity contribution in [3.63, 3.8) is 0 Å². The van der Waals surface area contributed by atoms with Crippen molar-refractivity contribution in [1.82, 2.24) is 15.0 Å². The van der Waals surface area contributed by atoms with E-state index in [0.717, 1.165) is 12.5 Å². The number of piperidine rings is 1. The van der Waals surface area contributed by atoms with Gasteiger partial charge >= 0.3 is 6.01 Å². The molecule has 2 bridgehead atoms. The summed E-state index contributed by atoms with van der Waals surface area (Å²) in [4.78, 5) is 14.8. The highest BCUT2D eigenvalue weighted by atomic mass is 16.5. The lowest BCUT2D eigenvalue weighted by molar-refractivity contribution is 0.312. The van der Waals surface area contributed by atoms with Gasteiger partial charge in [0.2, 0.25) is 11.9 Å². The number of fused-ring (bicyclic) bond motifs is 2. The molecule has 3 rings (SSSR count). The molecule has 1 aliphatic heterocycles. The zero-order chi connectivity index (χ0) is 11.8. The Balaban J connectivity index is 1.87. The minimum absolute atomic E-state index is 0.237. The van der Waals surface area contributed by atoms with Crippen LogP contribution in [0.4, 0.5) is 11.9 Å². The zero-order valence-electron chi connectivity index (χ0n) is 9.96. The van der Waals surface area contributed by atoms with Crippen LogP contribution in [0.3, 0.4) is 0 Å². The molecule has 2 unspecified atom stereocenters. The van der Waals surface area contributed by atoms with Gasteiger partial charge in [0.05, 0.1) is 6.61 Å². The fraction of sp³-hybridized carbons (Fsp3) is 0.727. The summed E-state index contributed by atoms with van der Waals surface area (Å²) in [6.45, 7) is 3.48. The van der Waals surface area contributed by atoms with Gasteiger partial charge < -0.3 is 15.4 Å². The molecule has 2 aliphatic rings. The molecular formula is C11H17N5O. The first-order chi connectivity index (χ1) is 8.26. The lowest BCUT2D eigenvalue weighted by atomic mass is 10.1. The molecule has 2 fully saturated rings. The van der Waals surface area contributed by atoms with E-state index in [9.17, 15) is 0 Å². The second kappa shape index (κ2) is 4.01. The van der Waals surface area contributed by atoms with E-state index in [1.54, 1.807) is 0 Å². The van der Waals surface area contributed by atoms with Crippen LogP contribution in [-0.4, -0.2) is 34.1 Å². The van der Waals surface area contributed by atoms with Crippen molar-refractivity contribution in [3.8, 4) is 6.01 Å². The molecule has 0 aromatic carbocycles. The van der Waals surface area contributed by atoms with Crippen LogP contribution in [0.2, 0.25) is 0 Å². The molecule has 1 aliphatic carbocycles. The van der Waals surface area contributed by atoms with Crippen molar-refractivity contribution in [1.29, 1.82) is 0 Å². The third-order valence-electron chi connectivity index (χ3n) is 3.56. The SMILES string of the molecule is CCOc1nc(N)nc(N2CC3CCC2C3)n1. The van der Waals surface area contributed by atoms with Crippen LogP contribution >= 0.6 is 0 Å². The molecule has 92 valence electrons. The van der Waals surface area contributed by atoms with E-state index in [-0.39, 0.29) is 5.95 Å². The molecule has 0 spiro atoms. The molecule has 0 radical (unpaired) electrons. The van der Waals surface area contributed by atoms with Crippen LogP contribution < -0.4 is 15.4 Å². The van der Waals surface area contributed by atoms with Crippen molar-refractivity contribution in [2.45, 2.75) is 32.2 Å². The van der Waals surface area contributed by atoms with Crippen LogP contribution in [-0.2, 0) is 0 Å². The van der Waals surface area contributed by atoms with E-state index in [2.05, 4.69) is 19.9 Å². The average Bonchev–Trinajstić information content (AvgIpc) is 2.90. The molecule has 1 aromatic heterocycles. The Labute approximate surface area is 100 Å². The normalized spacial score (nSPS) is 26.5. The van der Waals surface area contributed by atoms with Gasteiger partial charge in [-0.1, -0.05) is 0 Å². The number of hydrogen-bond donors (Lipinski definition) is 1. The Hall–Kier alpha value is -1.59. The maximum atomic E-state index is 5.69. The number of ether oxygens (including phenoxy) is 1. The van der Waals surface area contributed by atoms with Gasteiger partial charge in [-0.3, -0.25) is 0 Å². The Morgan fingerprint density at radius 1 is 1.35 bits per heavy atom. The molecule has 1 saturated heterocycles. The topological polar surface area (TPSA) is 77.2 Å². The number of anilines is 2. The number of rotatable bonds is 3. The van der Waals surface area contributed by atoms with Gasteiger partial charge in [0.1, 0.15) is 0 Å². The summed E-state index contributed by atoms with van der Waals surface area (Å²) in [5, 5.41) is 0. The quantitative estimate of drug-likeness (QED) is 0.836. The van der Waals surface area contributed by atoms with Crippen molar-refractivity contribution in [2.24, 2.45) is 5.92 Å². The summed E-state index contributed by atoms with van der Waals surface area (Å²) in [5.74, 6) is 1.71. The molecule has 0 amide bonds. The van der Waals surface area contributed by atoms with E-state index in [4.69, 9.17) is 10.5 Å². The molecule has 6 heteroatoms. The maximum absolute atomic E-state index is 5.69. The van der Waals surface area contributed by atoms with Crippen LogP contribution in [0.1, 0.15) is 26.2 Å². The van der Waals surface area contributed by atoms with Gasteiger partial charge in [-0.15, -0.1) is 0 Å². The molecule has 2 atom stereocenters. The van der Waals surface area contributed by atoms with Crippen LogP contribution in [0.15, 0.2) is 0 Å². The molecule has 2 heterocycles. The molecule has 2 N–H and O–H groups in total. The first-order valence-corrected chi connectivity index (χ1v) is 6.17. The molecule has 6 nitrogen and oxygen atoms in total. The Bertz CT molecular complexity index is 424. The lowest BCUT2D eigenvalue weighted by Crippen LogP contribution is -2.33. The fourth-order valence-electron chi connectivity index (χ4n) is 2.85. The average molecular weight is 235 g/mol. The number of nitrogens with two attached hydrogens (primary N) is 1. The highest BCUT2D eigenvalue weighted by Crippen LogP contribution is 2.39. The maximum Gasteiger partial charge on any atom is 0.323 e. The lowest BCUT2D eigenvalue weighted by Gasteiger charge is -2.26. The van der Waals surface area contributed by atoms with Crippen LogP contribution in [0.5, 0.6) is 6.01 Å². The minimum atomic E-state index is 0.237. The van der Waals surface area contributed by atoms with E-state index in [1.165, 1.54) is 19.3 Å². The Morgan fingerprint density at radius 3 is 2.88 bits per heavy atom. The Kier molecular flexibility index (Phi) is 2.49. The number of nitrogens with zero attached hydrogens (tertiary/aromatic N) is 4. The number of hydrogen-bond acceptors (Lipinski definition) is 6. The summed E-state index contributed by atoms with van der Waals surface area (Å²) < 4.78 is 5.30. The highest BCUT2D eigenvalue weighted by molar-refractivity contribution is 5.39. The summed E-state index contributed by atoms with van der Waals surface area (Å²) in [5.41, 5.74) is 5.69. The number of nitrogen functional groups attached to an aromatic ring is 1. The minimum Gasteiger partial charge on any atom is -0.464 e. The second-order valence-electron chi connectivity index (χ2n) is 4.69. The monoisotopic (exact) mass is 235 g/mol. The van der Waals surface area contributed by atoms with Gasteiger partial charge in [-0.25, -0.2) is 0 Å². The summed E-state index contributed by atoms with van der Waals surface area (Å²) >= 11 is 0. The zero-order valence-corrected chi connectivity index (χ0v) is 9.96. The van der Waals surface area contributed by atoms with E-state index >= 15 is 0 Å². The highest BCUT2D eigenvalue weighted by Gasteiger charge is 2.39. The predicted octanol–water partition coefficient (Wildman–Crippen LogP) is 0.841. The van der Waals surface area contributed by atoms with Crippen LogP contribution in [0, 0.1) is 5.92 Å². The predicted molar refractivity (Wildman–Crippen MR) is 63.9 cm³/mol. The molecular weight excluding hydrogens is 218 g/mol. The van der Waals surface area contributed by atoms with Gasteiger partial charge in [0.25, 0.3) is 0 Å². The van der Waals surface area contributed by atoms with Gasteiger partial charge in [-0.05, 0) is 32.1 Å². The summed E-state index contributed by atoms with van der Waals surface area (Å²) in [7, 11) is 0. The van der Waals surface area contributed by atoms with Gasteiger partial charge in [0, 0.05) is 12.6 Å². The van der Waals surface area contributed by atoms with E-state index in [1.807, 2.05) is 6.92 Å². The molecule has 17 heavy (non-hydrogen) atoms. The molecule has 1 saturated carbocycles. The summed E-state index contributed by atoms with van der Waals surface area (Å²) in [6.07, 6.45) is 3.83. The van der Waals surface area contributed by atoms with Gasteiger partial charge in [-0.2, -0.15) is 15.0 Å². The van der Waals surface area contributed by atoms with Crippen molar-refractivity contribution >= 4 is 11.9 Å². The molecule has 1 aromatic rings. The van der Waals surface area contributed by atoms with Gasteiger partial charge in [0.15, 0.2) is 0 Å². The van der Waals surface area contributed by atoms with Crippen molar-refractivity contribution in [3.05, 3.63) is 0 Å². The fourth-order valence-corrected chi connectivity index (χ4v) is 2.85. The first-order valence-electron chi connectivity index (χ1n) is 6.17. The summed E-state index contributed by atoms with van der Waals surface area (Å²) in [6, 6.07) is 0.911. The van der Waals surface area contributed by atoms with E-state index in [0.29, 0.717) is 24.6 Å². The number of aromatic nitrogens is 3. The second-order valence-corrected chi connectivity index (χ2v) is 4.69. The van der Waals surface area contributed by atoms with E-state index < -0.39 is 0 Å². The third kappa shape index (κ3) is 1.87. The first kappa shape index (κ1) is 10.6. The standard InChI is InChI=1S/C11H17N5O/c1-2-17-11-14-9(12)13-10(15-11)16-6-7-3-4-8(16)5-7/h7-8H,2-6H2,1H3,(H2,12,13,14,15). The van der Waals surface area contributed by atoms with Crippen LogP contribution in [0.25, 0.3) is 0 Å². The Morgan fingerprint density at radius 2 is 2.24 bits per heavy atom. The van der Waals surface area contributed by atoms with Crippen molar-refractivity contribution in [2.75, 3.05) is 23.8 Å². The largest absolute Gasteiger partial charge is 0.464 e.